The Labute approximate surface area is 155 Å². The fourth-order valence-electron chi connectivity index (χ4n) is 3.31. The van der Waals surface area contributed by atoms with Crippen LogP contribution in [0.2, 0.25) is 0 Å². The van der Waals surface area contributed by atoms with E-state index in [1.807, 2.05) is 12.1 Å². The molecule has 25 heavy (non-hydrogen) atoms. The van der Waals surface area contributed by atoms with Crippen molar-refractivity contribution >= 4 is 33.4 Å². The molecule has 0 radical (unpaired) electrons. The second-order valence-corrected chi connectivity index (χ2v) is 8.33. The predicted molar refractivity (Wildman–Crippen MR) is 107 cm³/mol. The standard InChI is InChI=1S/C20H20N2OS2/c1-2-12-24-20-21-17-18(23)15-10-6-7-11-16(15)25-19(17)22(20)13-14-8-4-3-5-9-14/h2-5,8-9H,1,6-7,10-13H2. The van der Waals surface area contributed by atoms with Crippen molar-refractivity contribution in [2.75, 3.05) is 5.75 Å². The molecule has 0 bridgehead atoms. The van der Waals surface area contributed by atoms with Gasteiger partial charge in [-0.2, -0.15) is 0 Å². The predicted octanol–water partition coefficient (Wildman–Crippen LogP) is 4.66. The number of aromatic nitrogens is 2. The lowest BCUT2D eigenvalue weighted by atomic mass is 9.98. The molecule has 128 valence electrons. The molecule has 0 aliphatic heterocycles. The molecule has 0 saturated carbocycles. The molecule has 0 amide bonds. The summed E-state index contributed by atoms with van der Waals surface area (Å²) in [5, 5.41) is 0.912. The van der Waals surface area contributed by atoms with Gasteiger partial charge in [-0.05, 0) is 31.2 Å². The highest BCUT2D eigenvalue weighted by Crippen LogP contribution is 2.31. The largest absolute Gasteiger partial charge is 0.306 e. The number of rotatable bonds is 5. The molecule has 0 N–H and O–H groups in total. The third kappa shape index (κ3) is 3.18. The van der Waals surface area contributed by atoms with E-state index >= 15 is 0 Å². The molecule has 0 fully saturated rings. The molecule has 2 aromatic heterocycles. The highest BCUT2D eigenvalue weighted by Gasteiger charge is 2.21. The molecule has 0 saturated heterocycles. The first-order valence-corrected chi connectivity index (χ1v) is 10.4. The fourth-order valence-corrected chi connectivity index (χ4v) is 5.40. The van der Waals surface area contributed by atoms with Gasteiger partial charge in [0.2, 0.25) is 5.43 Å². The van der Waals surface area contributed by atoms with Crippen LogP contribution in [0, 0.1) is 0 Å². The monoisotopic (exact) mass is 368 g/mol. The molecule has 0 atom stereocenters. The minimum atomic E-state index is 0.149. The van der Waals surface area contributed by atoms with Gasteiger partial charge in [0.15, 0.2) is 5.16 Å². The Bertz CT molecular complexity index is 973. The van der Waals surface area contributed by atoms with E-state index in [1.54, 1.807) is 23.1 Å². The van der Waals surface area contributed by atoms with Crippen LogP contribution in [0.4, 0.5) is 0 Å². The molecule has 0 spiro atoms. The second kappa shape index (κ2) is 7.18. The molecular weight excluding hydrogens is 348 g/mol. The van der Waals surface area contributed by atoms with Crippen LogP contribution in [0.15, 0.2) is 52.9 Å². The number of thioether (sulfide) groups is 1. The van der Waals surface area contributed by atoms with Crippen molar-refractivity contribution in [1.29, 1.82) is 0 Å². The topological polar surface area (TPSA) is 34.9 Å². The summed E-state index contributed by atoms with van der Waals surface area (Å²) in [6, 6.07) is 10.4. The fraction of sp³-hybridized carbons (Fsp3) is 0.300. The summed E-state index contributed by atoms with van der Waals surface area (Å²) in [4.78, 5) is 20.0. The second-order valence-electron chi connectivity index (χ2n) is 6.26. The van der Waals surface area contributed by atoms with E-state index in [4.69, 9.17) is 4.98 Å². The first-order valence-electron chi connectivity index (χ1n) is 8.60. The lowest BCUT2D eigenvalue weighted by Crippen LogP contribution is -2.15. The molecule has 3 aromatic rings. The zero-order valence-corrected chi connectivity index (χ0v) is 15.7. The highest BCUT2D eigenvalue weighted by atomic mass is 32.2. The molecule has 3 nitrogen and oxygen atoms in total. The zero-order chi connectivity index (χ0) is 17.2. The summed E-state index contributed by atoms with van der Waals surface area (Å²) < 4.78 is 2.21. The smallest absolute Gasteiger partial charge is 0.211 e. The molecule has 0 unspecified atom stereocenters. The van der Waals surface area contributed by atoms with Crippen LogP contribution in [0.1, 0.15) is 28.8 Å². The van der Waals surface area contributed by atoms with Gasteiger partial charge in [0, 0.05) is 16.2 Å². The Morgan fingerprint density at radius 2 is 2.04 bits per heavy atom. The van der Waals surface area contributed by atoms with E-state index in [0.717, 1.165) is 47.1 Å². The van der Waals surface area contributed by atoms with Crippen molar-refractivity contribution in [3.05, 3.63) is 69.2 Å². The lowest BCUT2D eigenvalue weighted by Gasteiger charge is -2.14. The van der Waals surface area contributed by atoms with Gasteiger partial charge in [-0.3, -0.25) is 4.79 Å². The number of benzene rings is 1. The van der Waals surface area contributed by atoms with E-state index in [-0.39, 0.29) is 5.43 Å². The summed E-state index contributed by atoms with van der Waals surface area (Å²) in [6.07, 6.45) is 6.10. The van der Waals surface area contributed by atoms with Gasteiger partial charge in [0.1, 0.15) is 10.3 Å². The Balaban J connectivity index is 1.89. The molecule has 1 aromatic carbocycles. The lowest BCUT2D eigenvalue weighted by molar-refractivity contribution is 0.692. The van der Waals surface area contributed by atoms with Gasteiger partial charge < -0.3 is 4.57 Å². The number of hydrogen-bond donors (Lipinski definition) is 0. The minimum absolute atomic E-state index is 0.149. The van der Waals surface area contributed by atoms with Crippen LogP contribution < -0.4 is 5.43 Å². The van der Waals surface area contributed by atoms with E-state index in [1.165, 1.54) is 16.9 Å². The van der Waals surface area contributed by atoms with Gasteiger partial charge in [-0.15, -0.1) is 17.9 Å². The van der Waals surface area contributed by atoms with Gasteiger partial charge in [0.25, 0.3) is 0 Å². The molecule has 5 heteroatoms. The third-order valence-electron chi connectivity index (χ3n) is 4.53. The molecule has 1 aliphatic rings. The number of hydrogen-bond acceptors (Lipinski definition) is 4. The van der Waals surface area contributed by atoms with Crippen molar-refractivity contribution in [2.45, 2.75) is 37.4 Å². The summed E-state index contributed by atoms with van der Waals surface area (Å²) >= 11 is 3.41. The van der Waals surface area contributed by atoms with Crippen LogP contribution in [0.3, 0.4) is 0 Å². The Hall–Kier alpha value is -1.85. The average molecular weight is 369 g/mol. The van der Waals surface area contributed by atoms with Gasteiger partial charge in [-0.1, -0.05) is 48.2 Å². The van der Waals surface area contributed by atoms with E-state index in [0.29, 0.717) is 5.52 Å². The first kappa shape index (κ1) is 16.6. The maximum absolute atomic E-state index is 13.0. The number of imidazole rings is 1. The van der Waals surface area contributed by atoms with E-state index in [9.17, 15) is 4.79 Å². The third-order valence-corrected chi connectivity index (χ3v) is 6.80. The van der Waals surface area contributed by atoms with Crippen molar-refractivity contribution in [3.8, 4) is 0 Å². The van der Waals surface area contributed by atoms with Crippen molar-refractivity contribution in [2.24, 2.45) is 0 Å². The SMILES string of the molecule is C=CCSc1nc2c(=O)c3c(sc2n1Cc1ccccc1)CCCC3. The summed E-state index contributed by atoms with van der Waals surface area (Å²) in [6.45, 7) is 4.55. The normalized spacial score (nSPS) is 13.8. The van der Waals surface area contributed by atoms with Gasteiger partial charge in [0.05, 0.1) is 6.54 Å². The van der Waals surface area contributed by atoms with E-state index < -0.39 is 0 Å². The summed E-state index contributed by atoms with van der Waals surface area (Å²) in [7, 11) is 0. The maximum atomic E-state index is 13.0. The number of fused-ring (bicyclic) bond motifs is 2. The average Bonchev–Trinajstić information content (AvgIpc) is 2.99. The Morgan fingerprint density at radius 1 is 1.24 bits per heavy atom. The Kier molecular flexibility index (Phi) is 4.77. The summed E-state index contributed by atoms with van der Waals surface area (Å²) in [5.74, 6) is 0.788. The summed E-state index contributed by atoms with van der Waals surface area (Å²) in [5.41, 5.74) is 3.02. The Morgan fingerprint density at radius 3 is 2.84 bits per heavy atom. The molecule has 1 aliphatic carbocycles. The van der Waals surface area contributed by atoms with Gasteiger partial charge >= 0.3 is 0 Å². The zero-order valence-electron chi connectivity index (χ0n) is 14.0. The van der Waals surface area contributed by atoms with Crippen molar-refractivity contribution < 1.29 is 0 Å². The molecule has 2 heterocycles. The van der Waals surface area contributed by atoms with Crippen LogP contribution in [0.25, 0.3) is 10.3 Å². The highest BCUT2D eigenvalue weighted by molar-refractivity contribution is 7.99. The minimum Gasteiger partial charge on any atom is -0.306 e. The van der Waals surface area contributed by atoms with Crippen LogP contribution >= 0.6 is 23.1 Å². The van der Waals surface area contributed by atoms with Crippen molar-refractivity contribution in [1.82, 2.24) is 9.55 Å². The van der Waals surface area contributed by atoms with Crippen molar-refractivity contribution in [3.63, 3.8) is 0 Å². The number of aryl methyl sites for hydroxylation is 1. The van der Waals surface area contributed by atoms with Crippen LogP contribution in [-0.2, 0) is 19.4 Å². The quantitative estimate of drug-likeness (QED) is 0.485. The van der Waals surface area contributed by atoms with Gasteiger partial charge in [-0.25, -0.2) is 4.98 Å². The van der Waals surface area contributed by atoms with E-state index in [2.05, 4.69) is 35.4 Å². The molecular formula is C20H20N2OS2. The molecule has 4 rings (SSSR count). The van der Waals surface area contributed by atoms with Crippen LogP contribution in [0.5, 0.6) is 0 Å². The first-order chi connectivity index (χ1) is 12.3. The van der Waals surface area contributed by atoms with Crippen LogP contribution in [-0.4, -0.2) is 15.3 Å². The maximum Gasteiger partial charge on any atom is 0.211 e. The number of nitrogens with zero attached hydrogens (tertiary/aromatic N) is 2.